The largest absolute Gasteiger partial charge is 0.311 e. The number of benzene rings is 2. The Balaban J connectivity index is 0.946. The first-order valence-electron chi connectivity index (χ1n) is 15.7. The van der Waals surface area contributed by atoms with Crippen LogP contribution in [-0.2, 0) is 0 Å². The molecule has 9 rings (SSSR count). The molecule has 1 atom stereocenters. The quantitative estimate of drug-likeness (QED) is 0.411. The van der Waals surface area contributed by atoms with E-state index in [1.807, 2.05) is 11.9 Å². The van der Waals surface area contributed by atoms with Gasteiger partial charge in [-0.25, -0.2) is 0 Å². The van der Waals surface area contributed by atoms with Gasteiger partial charge in [0.15, 0.2) is 0 Å². The van der Waals surface area contributed by atoms with Crippen molar-refractivity contribution in [1.29, 1.82) is 0 Å². The van der Waals surface area contributed by atoms with Crippen LogP contribution in [0.25, 0.3) is 10.8 Å². The molecule has 3 heterocycles. The van der Waals surface area contributed by atoms with Crippen molar-refractivity contribution in [2.24, 2.45) is 29.1 Å². The van der Waals surface area contributed by atoms with Crippen LogP contribution in [0.1, 0.15) is 51.4 Å². The number of likely N-dealkylation sites (tertiary alicyclic amines) is 1. The fourth-order valence-corrected chi connectivity index (χ4v) is 11.3. The average molecular weight is 531 g/mol. The number of hydrogen-bond acceptors (Lipinski definition) is 5. The van der Waals surface area contributed by atoms with E-state index < -0.39 is 0 Å². The third-order valence-electron chi connectivity index (χ3n) is 11.7. The summed E-state index contributed by atoms with van der Waals surface area (Å²) in [5, 5.41) is 2.87. The molecule has 38 heavy (non-hydrogen) atoms. The molecule has 4 bridgehead atoms. The van der Waals surface area contributed by atoms with Crippen LogP contribution in [0.2, 0.25) is 0 Å². The molecule has 0 unspecified atom stereocenters. The van der Waals surface area contributed by atoms with Gasteiger partial charge in [-0.3, -0.25) is 4.90 Å². The lowest BCUT2D eigenvalue weighted by atomic mass is 9.47. The molecule has 2 saturated heterocycles. The van der Waals surface area contributed by atoms with Gasteiger partial charge in [-0.05, 0) is 130 Å². The first kappa shape index (κ1) is 24.5. The van der Waals surface area contributed by atoms with Crippen molar-refractivity contribution in [3.05, 3.63) is 36.4 Å². The second kappa shape index (κ2) is 9.68. The molecule has 5 heteroatoms. The van der Waals surface area contributed by atoms with E-state index in [4.69, 9.17) is 0 Å². The lowest BCUT2D eigenvalue weighted by Crippen LogP contribution is -2.63. The van der Waals surface area contributed by atoms with Crippen molar-refractivity contribution < 1.29 is 0 Å². The van der Waals surface area contributed by atoms with E-state index in [0.717, 1.165) is 29.7 Å². The minimum atomic E-state index is 0.623. The summed E-state index contributed by atoms with van der Waals surface area (Å²) in [4.78, 5) is 9.89. The van der Waals surface area contributed by atoms with Crippen molar-refractivity contribution in [2.75, 3.05) is 63.7 Å². The van der Waals surface area contributed by atoms with E-state index >= 15 is 0 Å². The van der Waals surface area contributed by atoms with Crippen LogP contribution in [-0.4, -0.2) is 80.1 Å². The normalized spacial score (nSPS) is 35.0. The second-order valence-corrected chi connectivity index (χ2v) is 15.2. The monoisotopic (exact) mass is 530 g/mol. The molecular weight excluding hydrogens is 484 g/mol. The van der Waals surface area contributed by atoms with Crippen LogP contribution in [0.5, 0.6) is 0 Å². The van der Waals surface area contributed by atoms with E-state index in [0.29, 0.717) is 5.41 Å². The van der Waals surface area contributed by atoms with Crippen LogP contribution < -0.4 is 4.31 Å². The molecule has 4 saturated carbocycles. The maximum Gasteiger partial charge on any atom is 0.0563 e. The predicted molar refractivity (Wildman–Crippen MR) is 160 cm³/mol. The highest BCUT2D eigenvalue weighted by Crippen LogP contribution is 2.62. The topological polar surface area (TPSA) is 13.0 Å². The number of likely N-dealkylation sites (N-methyl/N-ethyl adjacent to an activating group) is 1. The summed E-state index contributed by atoms with van der Waals surface area (Å²) in [6, 6.07) is 14.4. The molecule has 0 spiro atoms. The molecule has 0 N–H and O–H groups in total. The molecule has 7 aliphatic rings. The number of rotatable bonds is 6. The van der Waals surface area contributed by atoms with Gasteiger partial charge < -0.3 is 14.1 Å². The molecule has 0 radical (unpaired) electrons. The van der Waals surface area contributed by atoms with Crippen molar-refractivity contribution in [2.45, 2.75) is 62.3 Å². The van der Waals surface area contributed by atoms with Crippen molar-refractivity contribution in [3.8, 4) is 0 Å². The van der Waals surface area contributed by atoms with Gasteiger partial charge in [0.2, 0.25) is 0 Å². The lowest BCUT2D eigenvalue weighted by Gasteiger charge is -2.62. The van der Waals surface area contributed by atoms with Gasteiger partial charge in [-0.1, -0.05) is 24.3 Å². The zero-order chi connectivity index (χ0) is 25.3. The Bertz CT molecular complexity index is 1120. The van der Waals surface area contributed by atoms with Gasteiger partial charge in [-0.2, -0.15) is 0 Å². The van der Waals surface area contributed by atoms with Crippen molar-refractivity contribution in [1.82, 2.24) is 14.7 Å². The van der Waals surface area contributed by atoms with E-state index in [1.165, 1.54) is 86.6 Å². The van der Waals surface area contributed by atoms with Gasteiger partial charge in [0.1, 0.15) is 0 Å². The van der Waals surface area contributed by atoms with Gasteiger partial charge in [0, 0.05) is 55.6 Å². The van der Waals surface area contributed by atoms with Crippen LogP contribution in [0.4, 0.5) is 5.69 Å². The fraction of sp³-hybridized carbons (Fsp3) is 0.697. The SMILES string of the molecule is CN1CCN([C@@H](CN2CCC(CN3Sc4cccc5cccc3c45)CC2)C23CC4CC(CC(C4)C2)C3)CC1. The number of piperazine rings is 1. The highest BCUT2D eigenvalue weighted by molar-refractivity contribution is 8.01. The summed E-state index contributed by atoms with van der Waals surface area (Å²) in [6.07, 6.45) is 12.0. The summed E-state index contributed by atoms with van der Waals surface area (Å²) in [5.41, 5.74) is 2.07. The Hall–Kier alpha value is -1.27. The number of anilines is 1. The predicted octanol–water partition coefficient (Wildman–Crippen LogP) is 6.21. The van der Waals surface area contributed by atoms with Crippen LogP contribution in [0, 0.1) is 29.1 Å². The zero-order valence-electron chi connectivity index (χ0n) is 23.4. The molecular formula is C33H46N4S. The number of piperidine rings is 1. The minimum absolute atomic E-state index is 0.623. The molecule has 4 nitrogen and oxygen atoms in total. The first-order valence-corrected chi connectivity index (χ1v) is 16.5. The number of nitrogens with zero attached hydrogens (tertiary/aromatic N) is 4. The Labute approximate surface area is 234 Å². The Kier molecular flexibility index (Phi) is 6.25. The summed E-state index contributed by atoms with van der Waals surface area (Å²) in [5.74, 6) is 3.96. The molecule has 6 fully saturated rings. The maximum absolute atomic E-state index is 2.98. The molecule has 4 aliphatic carbocycles. The van der Waals surface area contributed by atoms with Crippen LogP contribution in [0.3, 0.4) is 0 Å². The van der Waals surface area contributed by atoms with Crippen LogP contribution >= 0.6 is 11.9 Å². The van der Waals surface area contributed by atoms with Crippen LogP contribution in [0.15, 0.2) is 41.3 Å². The molecule has 0 aromatic heterocycles. The van der Waals surface area contributed by atoms with E-state index in [1.54, 1.807) is 38.5 Å². The molecule has 2 aromatic carbocycles. The maximum atomic E-state index is 2.98. The second-order valence-electron chi connectivity index (χ2n) is 14.2. The molecule has 2 aromatic rings. The van der Waals surface area contributed by atoms with Gasteiger partial charge >= 0.3 is 0 Å². The first-order chi connectivity index (χ1) is 18.6. The molecule has 204 valence electrons. The Morgan fingerprint density at radius 2 is 1.50 bits per heavy atom. The van der Waals surface area contributed by atoms with Gasteiger partial charge in [0.05, 0.1) is 5.69 Å². The summed E-state index contributed by atoms with van der Waals surface area (Å²) < 4.78 is 2.61. The summed E-state index contributed by atoms with van der Waals surface area (Å²) in [7, 11) is 2.32. The van der Waals surface area contributed by atoms with Crippen molar-refractivity contribution >= 4 is 28.4 Å². The summed E-state index contributed by atoms with van der Waals surface area (Å²) >= 11 is 1.98. The number of hydrogen-bond donors (Lipinski definition) is 0. The van der Waals surface area contributed by atoms with Gasteiger partial charge in [-0.15, -0.1) is 0 Å². The Morgan fingerprint density at radius 3 is 2.18 bits per heavy atom. The third-order valence-corrected chi connectivity index (χ3v) is 12.8. The van der Waals surface area contributed by atoms with E-state index in [-0.39, 0.29) is 0 Å². The lowest BCUT2D eigenvalue weighted by molar-refractivity contribution is -0.114. The van der Waals surface area contributed by atoms with E-state index in [9.17, 15) is 0 Å². The molecule has 3 aliphatic heterocycles. The Morgan fingerprint density at radius 1 is 0.842 bits per heavy atom. The molecule has 0 amide bonds. The zero-order valence-corrected chi connectivity index (χ0v) is 24.2. The summed E-state index contributed by atoms with van der Waals surface area (Å²) in [6.45, 7) is 10.2. The fourth-order valence-electron chi connectivity index (χ4n) is 10.1. The average Bonchev–Trinajstić information content (AvgIpc) is 3.27. The minimum Gasteiger partial charge on any atom is -0.311 e. The smallest absolute Gasteiger partial charge is 0.0563 e. The standard InChI is InChI=1S/C33H46N4S/c1-34-12-14-36(15-13-34)31(33-19-25-16-26(20-33)18-27(17-25)21-33)23-35-10-8-24(9-11-35)22-37-29-6-2-4-28-5-3-7-30(38-37)32(28)29/h2-7,24-27,31H,8-23H2,1H3/t25?,26?,27?,31-,33?/m0/s1. The highest BCUT2D eigenvalue weighted by atomic mass is 32.2. The van der Waals surface area contributed by atoms with E-state index in [2.05, 4.69) is 62.5 Å². The highest BCUT2D eigenvalue weighted by Gasteiger charge is 2.55. The van der Waals surface area contributed by atoms with Crippen molar-refractivity contribution in [3.63, 3.8) is 0 Å². The van der Waals surface area contributed by atoms with Gasteiger partial charge in [0.25, 0.3) is 0 Å². The third kappa shape index (κ3) is 4.31.